The second-order valence-electron chi connectivity index (χ2n) is 4.22. The summed E-state index contributed by atoms with van der Waals surface area (Å²) in [5, 5.41) is 5.56. The third-order valence-electron chi connectivity index (χ3n) is 2.37. The Morgan fingerprint density at radius 2 is 2.19 bits per heavy atom. The molecule has 0 amide bonds. The number of ether oxygens (including phenoxy) is 1. The van der Waals surface area contributed by atoms with E-state index in [0.29, 0.717) is 12.1 Å². The van der Waals surface area contributed by atoms with E-state index in [2.05, 4.69) is 36.5 Å². The SMILES string of the molecule is CC(C)OCCCCNC(C)c1cscn1. The number of thiazole rings is 1. The summed E-state index contributed by atoms with van der Waals surface area (Å²) < 4.78 is 5.48. The predicted molar refractivity (Wildman–Crippen MR) is 68.9 cm³/mol. The number of nitrogens with zero attached hydrogens (tertiary/aromatic N) is 1. The molecule has 1 aromatic heterocycles. The molecule has 4 heteroatoms. The van der Waals surface area contributed by atoms with Crippen molar-refractivity contribution in [3.05, 3.63) is 16.6 Å². The van der Waals surface area contributed by atoms with Gasteiger partial charge < -0.3 is 10.1 Å². The molecular formula is C12H22N2OS. The van der Waals surface area contributed by atoms with Gasteiger partial charge >= 0.3 is 0 Å². The Bertz CT molecular complexity index is 262. The molecule has 0 fully saturated rings. The lowest BCUT2D eigenvalue weighted by atomic mass is 10.2. The largest absolute Gasteiger partial charge is 0.379 e. The summed E-state index contributed by atoms with van der Waals surface area (Å²) in [6, 6.07) is 0.359. The van der Waals surface area contributed by atoms with Gasteiger partial charge in [0.05, 0.1) is 17.3 Å². The molecule has 0 aliphatic rings. The second kappa shape index (κ2) is 7.76. The van der Waals surface area contributed by atoms with Crippen LogP contribution in [0.1, 0.15) is 45.3 Å². The van der Waals surface area contributed by atoms with Gasteiger partial charge in [0.15, 0.2) is 0 Å². The van der Waals surface area contributed by atoms with Gasteiger partial charge in [-0.05, 0) is 40.2 Å². The molecule has 1 atom stereocenters. The van der Waals surface area contributed by atoms with E-state index in [1.165, 1.54) is 0 Å². The van der Waals surface area contributed by atoms with E-state index in [4.69, 9.17) is 4.74 Å². The van der Waals surface area contributed by atoms with Gasteiger partial charge in [0, 0.05) is 18.0 Å². The van der Waals surface area contributed by atoms with Crippen molar-refractivity contribution in [1.82, 2.24) is 10.3 Å². The Morgan fingerprint density at radius 1 is 1.38 bits per heavy atom. The van der Waals surface area contributed by atoms with E-state index < -0.39 is 0 Å². The van der Waals surface area contributed by atoms with Crippen LogP contribution in [0.25, 0.3) is 0 Å². The van der Waals surface area contributed by atoms with Crippen molar-refractivity contribution in [2.75, 3.05) is 13.2 Å². The van der Waals surface area contributed by atoms with Crippen molar-refractivity contribution in [2.45, 2.75) is 45.8 Å². The van der Waals surface area contributed by atoms with Crippen molar-refractivity contribution in [3.8, 4) is 0 Å². The van der Waals surface area contributed by atoms with E-state index in [1.807, 2.05) is 5.51 Å². The molecule has 16 heavy (non-hydrogen) atoms. The Hall–Kier alpha value is -0.450. The first kappa shape index (κ1) is 13.6. The summed E-state index contributed by atoms with van der Waals surface area (Å²) >= 11 is 1.65. The molecule has 1 rings (SSSR count). The van der Waals surface area contributed by atoms with Crippen molar-refractivity contribution in [1.29, 1.82) is 0 Å². The highest BCUT2D eigenvalue weighted by Crippen LogP contribution is 2.11. The molecule has 0 spiro atoms. The number of aromatic nitrogens is 1. The lowest BCUT2D eigenvalue weighted by molar-refractivity contribution is 0.0759. The highest BCUT2D eigenvalue weighted by molar-refractivity contribution is 7.07. The monoisotopic (exact) mass is 242 g/mol. The molecule has 0 bridgehead atoms. The molecule has 1 aromatic rings. The van der Waals surface area contributed by atoms with Crippen LogP contribution < -0.4 is 5.32 Å². The van der Waals surface area contributed by atoms with Crippen LogP contribution in [0, 0.1) is 0 Å². The number of rotatable bonds is 8. The Kier molecular flexibility index (Phi) is 6.61. The first-order valence-electron chi connectivity index (χ1n) is 5.93. The average molecular weight is 242 g/mol. The molecule has 0 aliphatic heterocycles. The van der Waals surface area contributed by atoms with E-state index in [-0.39, 0.29) is 0 Å². The van der Waals surface area contributed by atoms with E-state index >= 15 is 0 Å². The fraction of sp³-hybridized carbons (Fsp3) is 0.750. The molecule has 1 unspecified atom stereocenters. The maximum Gasteiger partial charge on any atom is 0.0795 e. The van der Waals surface area contributed by atoms with Gasteiger partial charge in [0.2, 0.25) is 0 Å². The van der Waals surface area contributed by atoms with Crippen molar-refractivity contribution in [2.24, 2.45) is 0 Å². The van der Waals surface area contributed by atoms with Crippen molar-refractivity contribution in [3.63, 3.8) is 0 Å². The molecule has 0 aromatic carbocycles. The van der Waals surface area contributed by atoms with Gasteiger partial charge in [0.25, 0.3) is 0 Å². The van der Waals surface area contributed by atoms with Crippen LogP contribution in [0.15, 0.2) is 10.9 Å². The summed E-state index contributed by atoms with van der Waals surface area (Å²) in [4.78, 5) is 4.29. The Morgan fingerprint density at radius 3 is 2.81 bits per heavy atom. The number of nitrogens with one attached hydrogen (secondary N) is 1. The number of hydrogen-bond donors (Lipinski definition) is 1. The third-order valence-corrected chi connectivity index (χ3v) is 2.97. The van der Waals surface area contributed by atoms with Crippen LogP contribution >= 0.6 is 11.3 Å². The summed E-state index contributed by atoms with van der Waals surface area (Å²) in [6.45, 7) is 8.19. The van der Waals surface area contributed by atoms with Crippen LogP contribution in [0.2, 0.25) is 0 Å². The minimum absolute atomic E-state index is 0.349. The van der Waals surface area contributed by atoms with Crippen molar-refractivity contribution >= 4 is 11.3 Å². The zero-order valence-corrected chi connectivity index (χ0v) is 11.2. The Balaban J connectivity index is 1.99. The normalized spacial score (nSPS) is 13.2. The van der Waals surface area contributed by atoms with E-state index in [0.717, 1.165) is 31.7 Å². The van der Waals surface area contributed by atoms with Gasteiger partial charge in [-0.25, -0.2) is 4.98 Å². The van der Waals surface area contributed by atoms with Crippen LogP contribution in [0.3, 0.4) is 0 Å². The minimum atomic E-state index is 0.349. The van der Waals surface area contributed by atoms with Crippen LogP contribution in [0.4, 0.5) is 0 Å². The molecule has 0 saturated heterocycles. The summed E-state index contributed by atoms with van der Waals surface area (Å²) in [6.07, 6.45) is 2.62. The lowest BCUT2D eigenvalue weighted by Gasteiger charge is -2.11. The average Bonchev–Trinajstić information content (AvgIpc) is 2.75. The summed E-state index contributed by atoms with van der Waals surface area (Å²) in [5.74, 6) is 0. The number of unbranched alkanes of at least 4 members (excludes halogenated alkanes) is 1. The fourth-order valence-corrected chi connectivity index (χ4v) is 2.05. The van der Waals surface area contributed by atoms with Crippen LogP contribution in [0.5, 0.6) is 0 Å². The molecule has 0 saturated carbocycles. The van der Waals surface area contributed by atoms with Gasteiger partial charge in [-0.15, -0.1) is 11.3 Å². The number of hydrogen-bond acceptors (Lipinski definition) is 4. The first-order chi connectivity index (χ1) is 7.70. The molecule has 1 N–H and O–H groups in total. The maximum absolute atomic E-state index is 5.48. The lowest BCUT2D eigenvalue weighted by Crippen LogP contribution is -2.20. The molecule has 0 radical (unpaired) electrons. The topological polar surface area (TPSA) is 34.1 Å². The van der Waals surface area contributed by atoms with Gasteiger partial charge in [-0.1, -0.05) is 0 Å². The van der Waals surface area contributed by atoms with E-state index in [1.54, 1.807) is 11.3 Å². The predicted octanol–water partition coefficient (Wildman–Crippen LogP) is 3.00. The zero-order chi connectivity index (χ0) is 11.8. The van der Waals surface area contributed by atoms with Gasteiger partial charge in [-0.2, -0.15) is 0 Å². The van der Waals surface area contributed by atoms with Gasteiger partial charge in [0.1, 0.15) is 0 Å². The third kappa shape index (κ3) is 5.58. The summed E-state index contributed by atoms with van der Waals surface area (Å²) in [5.41, 5.74) is 3.02. The molecule has 92 valence electrons. The standard InChI is InChI=1S/C12H22N2OS/c1-10(2)15-7-5-4-6-13-11(3)12-8-16-9-14-12/h8-11,13H,4-7H2,1-3H3. The molecule has 0 aliphatic carbocycles. The van der Waals surface area contributed by atoms with Crippen molar-refractivity contribution < 1.29 is 4.74 Å². The maximum atomic E-state index is 5.48. The highest BCUT2D eigenvalue weighted by Gasteiger charge is 2.05. The van der Waals surface area contributed by atoms with Gasteiger partial charge in [-0.3, -0.25) is 0 Å². The molecular weight excluding hydrogens is 220 g/mol. The zero-order valence-electron chi connectivity index (χ0n) is 10.4. The smallest absolute Gasteiger partial charge is 0.0795 e. The van der Waals surface area contributed by atoms with Crippen LogP contribution in [-0.4, -0.2) is 24.2 Å². The molecule has 3 nitrogen and oxygen atoms in total. The molecule has 1 heterocycles. The summed E-state index contributed by atoms with van der Waals surface area (Å²) in [7, 11) is 0. The quantitative estimate of drug-likeness (QED) is 0.712. The fourth-order valence-electron chi connectivity index (χ4n) is 1.40. The minimum Gasteiger partial charge on any atom is -0.379 e. The second-order valence-corrected chi connectivity index (χ2v) is 4.93. The Labute approximate surface area is 102 Å². The van der Waals surface area contributed by atoms with E-state index in [9.17, 15) is 0 Å². The highest BCUT2D eigenvalue weighted by atomic mass is 32.1. The van der Waals surface area contributed by atoms with Crippen LogP contribution in [-0.2, 0) is 4.74 Å². The first-order valence-corrected chi connectivity index (χ1v) is 6.87.